The Morgan fingerprint density at radius 1 is 1.16 bits per heavy atom. The van der Waals surface area contributed by atoms with Crippen LogP contribution in [0.15, 0.2) is 47.0 Å². The summed E-state index contributed by atoms with van der Waals surface area (Å²) in [5, 5.41) is 14.4. The molecule has 3 aromatic rings. The second kappa shape index (κ2) is 11.1. The van der Waals surface area contributed by atoms with E-state index in [0.717, 1.165) is 49.2 Å². The number of aromatic nitrogens is 1. The van der Waals surface area contributed by atoms with E-state index in [0.29, 0.717) is 57.1 Å². The van der Waals surface area contributed by atoms with Crippen molar-refractivity contribution in [3.8, 4) is 11.3 Å². The van der Waals surface area contributed by atoms with Gasteiger partial charge in [0.1, 0.15) is 11.5 Å². The van der Waals surface area contributed by atoms with Gasteiger partial charge in [-0.15, -0.1) is 0 Å². The molecule has 10 heteroatoms. The fourth-order valence-electron chi connectivity index (χ4n) is 5.69. The van der Waals surface area contributed by atoms with Crippen LogP contribution < -0.4 is 9.62 Å². The molecule has 1 amide bonds. The summed E-state index contributed by atoms with van der Waals surface area (Å²) in [6.45, 7) is 1.39. The van der Waals surface area contributed by atoms with Gasteiger partial charge in [0, 0.05) is 52.6 Å². The van der Waals surface area contributed by atoms with Gasteiger partial charge < -0.3 is 19.3 Å². The lowest BCUT2D eigenvalue weighted by molar-refractivity contribution is 0.0122. The Morgan fingerprint density at radius 2 is 1.92 bits per heavy atom. The van der Waals surface area contributed by atoms with Crippen LogP contribution in [0.1, 0.15) is 53.3 Å². The number of halogens is 2. The molecule has 1 aromatic heterocycles. The molecule has 2 aromatic carbocycles. The lowest BCUT2D eigenvalue weighted by Gasteiger charge is -2.33. The van der Waals surface area contributed by atoms with Crippen LogP contribution in [-0.4, -0.2) is 47.2 Å². The molecule has 38 heavy (non-hydrogen) atoms. The van der Waals surface area contributed by atoms with Crippen molar-refractivity contribution in [1.82, 2.24) is 9.88 Å². The molecule has 2 aliphatic carbocycles. The van der Waals surface area contributed by atoms with E-state index in [1.807, 2.05) is 42.5 Å². The molecule has 2 heterocycles. The highest BCUT2D eigenvalue weighted by Crippen LogP contribution is 2.47. The zero-order valence-electron chi connectivity index (χ0n) is 20.7. The Bertz CT molecular complexity index is 1290. The van der Waals surface area contributed by atoms with E-state index >= 15 is 0 Å². The molecule has 0 unspecified atom stereocenters. The maximum Gasteiger partial charge on any atom is 0.261 e. The lowest BCUT2D eigenvalue weighted by atomic mass is 10.0. The Kier molecular flexibility index (Phi) is 7.60. The first-order valence-corrected chi connectivity index (χ1v) is 14.7. The number of amides is 1. The van der Waals surface area contributed by atoms with Gasteiger partial charge in [0.05, 0.1) is 29.4 Å². The molecule has 7 nitrogen and oxygen atoms in total. The van der Waals surface area contributed by atoms with Gasteiger partial charge in [-0.3, -0.25) is 9.52 Å². The number of nitrogens with zero attached hydrogens (tertiary/aromatic N) is 2. The average molecular weight is 575 g/mol. The summed E-state index contributed by atoms with van der Waals surface area (Å²) >= 11 is 14.2. The summed E-state index contributed by atoms with van der Waals surface area (Å²) in [6, 6.07) is 13.6. The molecule has 1 saturated heterocycles. The van der Waals surface area contributed by atoms with E-state index in [4.69, 9.17) is 37.6 Å². The van der Waals surface area contributed by atoms with Crippen molar-refractivity contribution in [1.29, 1.82) is 0 Å². The van der Waals surface area contributed by atoms with Gasteiger partial charge in [-0.05, 0) is 74.0 Å². The zero-order valence-corrected chi connectivity index (χ0v) is 23.1. The Labute approximate surface area is 235 Å². The number of fused-ring (bicyclic) bond motifs is 2. The second-order valence-electron chi connectivity index (χ2n) is 10.2. The summed E-state index contributed by atoms with van der Waals surface area (Å²) in [4.78, 5) is 14.7. The number of hydrogen-bond donors (Lipinski definition) is 2. The molecule has 3 aliphatic rings. The molecule has 2 bridgehead atoms. The first-order valence-electron chi connectivity index (χ1n) is 13.0. The van der Waals surface area contributed by atoms with E-state index in [2.05, 4.69) is 14.8 Å². The number of aliphatic hydroxyl groups is 1. The third-order valence-corrected chi connectivity index (χ3v) is 9.05. The standard InChI is InChI=1S/C28H29Cl2N3O4S/c29-22-2-1-3-23(30)25(22)26-21(27(37-31-26)16-4-5-16)15-36-24-13-20-12-18(24)14-33(20)19-8-6-17(7-9-19)28(35)32-38-11-10-34/h1-3,6-9,16,18,20,24,34H,4-5,10-15H2,(H,32,35)/t18-,20-,24+/m0/s1. The van der Waals surface area contributed by atoms with Gasteiger partial charge in [0.15, 0.2) is 0 Å². The molecule has 3 atom stereocenters. The number of piperidine rings is 1. The number of rotatable bonds is 10. The van der Waals surface area contributed by atoms with Gasteiger partial charge in [0.25, 0.3) is 5.91 Å². The van der Waals surface area contributed by atoms with E-state index in [1.54, 1.807) is 0 Å². The highest BCUT2D eigenvalue weighted by atomic mass is 35.5. The molecule has 2 saturated carbocycles. The minimum absolute atomic E-state index is 0.0314. The average Bonchev–Trinajstić information content (AvgIpc) is 3.37. The van der Waals surface area contributed by atoms with Crippen molar-refractivity contribution in [2.45, 2.75) is 50.4 Å². The normalized spacial score (nSPS) is 22.3. The largest absolute Gasteiger partial charge is 0.395 e. The fraction of sp³-hybridized carbons (Fsp3) is 0.429. The molecule has 200 valence electrons. The summed E-state index contributed by atoms with van der Waals surface area (Å²) < 4.78 is 15.1. The van der Waals surface area contributed by atoms with E-state index < -0.39 is 0 Å². The quantitative estimate of drug-likeness (QED) is 0.224. The molecule has 0 radical (unpaired) electrons. The predicted molar refractivity (Wildman–Crippen MR) is 150 cm³/mol. The monoisotopic (exact) mass is 573 g/mol. The van der Waals surface area contributed by atoms with E-state index in [1.165, 1.54) is 11.9 Å². The zero-order chi connectivity index (χ0) is 26.2. The predicted octanol–water partition coefficient (Wildman–Crippen LogP) is 6.08. The third kappa shape index (κ3) is 5.17. The maximum atomic E-state index is 12.2. The lowest BCUT2D eigenvalue weighted by Crippen LogP contribution is -2.38. The summed E-state index contributed by atoms with van der Waals surface area (Å²) in [5.74, 6) is 2.06. The van der Waals surface area contributed by atoms with Gasteiger partial charge in [-0.25, -0.2) is 0 Å². The van der Waals surface area contributed by atoms with Gasteiger partial charge >= 0.3 is 0 Å². The molecule has 1 aliphatic heterocycles. The second-order valence-corrected chi connectivity index (χ2v) is 11.9. The van der Waals surface area contributed by atoms with Crippen LogP contribution in [0, 0.1) is 5.92 Å². The van der Waals surface area contributed by atoms with Crippen molar-refractivity contribution in [3.05, 3.63) is 69.4 Å². The van der Waals surface area contributed by atoms with Gasteiger partial charge in [-0.2, -0.15) is 0 Å². The fourth-order valence-corrected chi connectivity index (χ4v) is 6.71. The molecular weight excluding hydrogens is 545 g/mol. The SMILES string of the molecule is O=C(NSCCO)c1ccc(N2C[C@@H]3C[C@H]2C[C@H]3OCc2c(-c3c(Cl)cccc3Cl)noc2C2CC2)cc1. The van der Waals surface area contributed by atoms with Gasteiger partial charge in [0.2, 0.25) is 0 Å². The number of carbonyl (C=O) groups excluding carboxylic acids is 1. The molecule has 2 N–H and O–H groups in total. The topological polar surface area (TPSA) is 87.8 Å². The highest BCUT2D eigenvalue weighted by Gasteiger charge is 2.45. The smallest absolute Gasteiger partial charge is 0.261 e. The molecule has 3 fully saturated rings. The van der Waals surface area contributed by atoms with Crippen LogP contribution in [0.25, 0.3) is 11.3 Å². The minimum atomic E-state index is -0.150. The van der Waals surface area contributed by atoms with Crippen LogP contribution in [-0.2, 0) is 11.3 Å². The Morgan fingerprint density at radius 3 is 2.58 bits per heavy atom. The molecule has 6 rings (SSSR count). The maximum absolute atomic E-state index is 12.2. The van der Waals surface area contributed by atoms with Crippen LogP contribution in [0.2, 0.25) is 10.0 Å². The first kappa shape index (κ1) is 26.0. The van der Waals surface area contributed by atoms with E-state index in [-0.39, 0.29) is 18.6 Å². The minimum Gasteiger partial charge on any atom is -0.395 e. The number of ether oxygens (including phenoxy) is 1. The first-order chi connectivity index (χ1) is 18.5. The highest BCUT2D eigenvalue weighted by molar-refractivity contribution is 7.97. The Hall–Kier alpha value is -2.23. The van der Waals surface area contributed by atoms with E-state index in [9.17, 15) is 4.79 Å². The van der Waals surface area contributed by atoms with Crippen molar-refractivity contribution in [2.75, 3.05) is 23.8 Å². The molecular formula is C28H29Cl2N3O4S. The Balaban J connectivity index is 1.11. The number of nitrogens with one attached hydrogen (secondary N) is 1. The van der Waals surface area contributed by atoms with Crippen LogP contribution in [0.3, 0.4) is 0 Å². The number of aliphatic hydroxyl groups excluding tert-OH is 1. The number of hydrogen-bond acceptors (Lipinski definition) is 7. The summed E-state index contributed by atoms with van der Waals surface area (Å²) in [6.07, 6.45) is 4.41. The van der Waals surface area contributed by atoms with Crippen LogP contribution in [0.4, 0.5) is 5.69 Å². The van der Waals surface area contributed by atoms with Crippen molar-refractivity contribution >= 4 is 46.7 Å². The van der Waals surface area contributed by atoms with Crippen LogP contribution >= 0.6 is 35.1 Å². The van der Waals surface area contributed by atoms with Gasteiger partial charge in [-0.1, -0.05) is 34.4 Å². The molecule has 0 spiro atoms. The third-order valence-electron chi connectivity index (χ3n) is 7.70. The summed E-state index contributed by atoms with van der Waals surface area (Å²) in [5.41, 5.74) is 4.09. The number of benzene rings is 2. The van der Waals surface area contributed by atoms with Crippen molar-refractivity contribution in [2.24, 2.45) is 5.92 Å². The van der Waals surface area contributed by atoms with Crippen molar-refractivity contribution < 1.29 is 19.2 Å². The van der Waals surface area contributed by atoms with Crippen molar-refractivity contribution in [3.63, 3.8) is 0 Å². The summed E-state index contributed by atoms with van der Waals surface area (Å²) in [7, 11) is 0. The number of carbonyl (C=O) groups is 1. The number of anilines is 1. The van der Waals surface area contributed by atoms with Crippen LogP contribution in [0.5, 0.6) is 0 Å².